The summed E-state index contributed by atoms with van der Waals surface area (Å²) in [5.41, 5.74) is 4.48. The van der Waals surface area contributed by atoms with Crippen LogP contribution in [0.5, 0.6) is 0 Å². The average molecular weight is 269 g/mol. The summed E-state index contributed by atoms with van der Waals surface area (Å²) in [6.45, 7) is 5.68. The molecule has 3 aromatic rings. The van der Waals surface area contributed by atoms with Crippen molar-refractivity contribution in [3.8, 4) is 0 Å². The summed E-state index contributed by atoms with van der Waals surface area (Å²) in [5.74, 6) is -0.235. The van der Waals surface area contributed by atoms with Crippen molar-refractivity contribution >= 4 is 17.2 Å². The third-order valence-corrected chi connectivity index (χ3v) is 3.30. The number of H-pyrrole nitrogens is 1. The molecule has 3 aromatic heterocycles. The van der Waals surface area contributed by atoms with Gasteiger partial charge in [0.1, 0.15) is 11.3 Å². The van der Waals surface area contributed by atoms with Crippen LogP contribution < -0.4 is 5.32 Å². The van der Waals surface area contributed by atoms with Gasteiger partial charge < -0.3 is 9.72 Å². The number of nitrogens with one attached hydrogen (secondary N) is 2. The standard InChI is InChI=1S/C14H15N5O/c1-8-5-4-6-12-15-11(7-19(8)12)14(20)16-13-9(2)17-18-10(13)3/h4-7H,1-3H3,(H,16,20)(H,17,18). The van der Waals surface area contributed by atoms with Crippen LogP contribution in [0.25, 0.3) is 5.65 Å². The molecule has 0 radical (unpaired) electrons. The molecular formula is C14H15N5O. The van der Waals surface area contributed by atoms with Crippen LogP contribution in [0.15, 0.2) is 24.4 Å². The molecular weight excluding hydrogens is 254 g/mol. The molecule has 0 unspecified atom stereocenters. The summed E-state index contributed by atoms with van der Waals surface area (Å²) in [6, 6.07) is 5.77. The number of aryl methyl sites for hydroxylation is 3. The molecule has 0 aliphatic heterocycles. The highest BCUT2D eigenvalue weighted by Gasteiger charge is 2.15. The Bertz CT molecular complexity index is 780. The molecule has 3 rings (SSSR count). The van der Waals surface area contributed by atoms with E-state index in [-0.39, 0.29) is 5.91 Å². The number of aromatic nitrogens is 4. The van der Waals surface area contributed by atoms with Gasteiger partial charge in [0.25, 0.3) is 5.91 Å². The second-order valence-corrected chi connectivity index (χ2v) is 4.78. The first kappa shape index (κ1) is 12.4. The molecule has 0 saturated heterocycles. The van der Waals surface area contributed by atoms with Crippen molar-refractivity contribution in [3.05, 3.63) is 47.2 Å². The van der Waals surface area contributed by atoms with Gasteiger partial charge in [0, 0.05) is 11.9 Å². The minimum absolute atomic E-state index is 0.235. The number of aromatic amines is 1. The van der Waals surface area contributed by atoms with Gasteiger partial charge >= 0.3 is 0 Å². The first-order valence-electron chi connectivity index (χ1n) is 6.34. The number of pyridine rings is 1. The van der Waals surface area contributed by atoms with E-state index >= 15 is 0 Å². The van der Waals surface area contributed by atoms with Crippen molar-refractivity contribution in [2.75, 3.05) is 5.32 Å². The average Bonchev–Trinajstić information content (AvgIpc) is 2.98. The maximum Gasteiger partial charge on any atom is 0.275 e. The molecule has 0 aromatic carbocycles. The maximum absolute atomic E-state index is 12.3. The van der Waals surface area contributed by atoms with Crippen molar-refractivity contribution in [2.45, 2.75) is 20.8 Å². The lowest BCUT2D eigenvalue weighted by molar-refractivity contribution is 0.102. The molecule has 6 heteroatoms. The van der Waals surface area contributed by atoms with Crippen molar-refractivity contribution < 1.29 is 4.79 Å². The summed E-state index contributed by atoms with van der Waals surface area (Å²) in [5, 5.41) is 9.74. The number of carbonyl (C=O) groups excluding carboxylic acids is 1. The van der Waals surface area contributed by atoms with E-state index in [4.69, 9.17) is 0 Å². The molecule has 2 N–H and O–H groups in total. The smallest absolute Gasteiger partial charge is 0.275 e. The fourth-order valence-electron chi connectivity index (χ4n) is 2.17. The molecule has 0 aliphatic carbocycles. The monoisotopic (exact) mass is 269 g/mol. The van der Waals surface area contributed by atoms with Gasteiger partial charge in [-0.25, -0.2) is 4.98 Å². The number of anilines is 1. The Morgan fingerprint density at radius 2 is 2.10 bits per heavy atom. The van der Waals surface area contributed by atoms with E-state index in [0.29, 0.717) is 11.4 Å². The van der Waals surface area contributed by atoms with Gasteiger partial charge in [-0.2, -0.15) is 5.10 Å². The quantitative estimate of drug-likeness (QED) is 0.749. The largest absolute Gasteiger partial charge is 0.317 e. The number of hydrogen-bond donors (Lipinski definition) is 2. The zero-order valence-electron chi connectivity index (χ0n) is 11.6. The Labute approximate surface area is 115 Å². The number of hydrogen-bond acceptors (Lipinski definition) is 3. The molecule has 0 bridgehead atoms. The fourth-order valence-corrected chi connectivity index (χ4v) is 2.17. The first-order chi connectivity index (χ1) is 9.56. The van der Waals surface area contributed by atoms with Gasteiger partial charge in [0.05, 0.1) is 17.1 Å². The zero-order chi connectivity index (χ0) is 14.3. The van der Waals surface area contributed by atoms with Gasteiger partial charge in [-0.1, -0.05) is 6.07 Å². The molecule has 6 nitrogen and oxygen atoms in total. The molecule has 0 fully saturated rings. The summed E-state index contributed by atoms with van der Waals surface area (Å²) in [4.78, 5) is 16.6. The molecule has 0 atom stereocenters. The van der Waals surface area contributed by atoms with Gasteiger partial charge in [0.2, 0.25) is 0 Å². The normalized spacial score (nSPS) is 10.9. The van der Waals surface area contributed by atoms with Crippen molar-refractivity contribution in [1.29, 1.82) is 0 Å². The number of imidazole rings is 1. The van der Waals surface area contributed by atoms with Gasteiger partial charge in [-0.15, -0.1) is 0 Å². The summed E-state index contributed by atoms with van der Waals surface area (Å²) < 4.78 is 1.89. The highest BCUT2D eigenvalue weighted by atomic mass is 16.1. The van der Waals surface area contributed by atoms with E-state index in [1.807, 2.05) is 43.4 Å². The number of carbonyl (C=O) groups is 1. The summed E-state index contributed by atoms with van der Waals surface area (Å²) >= 11 is 0. The fraction of sp³-hybridized carbons (Fsp3) is 0.214. The Morgan fingerprint density at radius 1 is 1.30 bits per heavy atom. The third-order valence-electron chi connectivity index (χ3n) is 3.30. The third kappa shape index (κ3) is 1.95. The molecule has 0 aliphatic rings. The lowest BCUT2D eigenvalue weighted by Gasteiger charge is -2.02. The van der Waals surface area contributed by atoms with Crippen LogP contribution in [-0.4, -0.2) is 25.5 Å². The van der Waals surface area contributed by atoms with Crippen LogP contribution in [0.1, 0.15) is 27.6 Å². The van der Waals surface area contributed by atoms with Crippen molar-refractivity contribution in [3.63, 3.8) is 0 Å². The van der Waals surface area contributed by atoms with Gasteiger partial charge in [-0.3, -0.25) is 9.89 Å². The van der Waals surface area contributed by atoms with Crippen LogP contribution in [-0.2, 0) is 0 Å². The lowest BCUT2D eigenvalue weighted by atomic mass is 10.3. The minimum atomic E-state index is -0.235. The molecule has 0 spiro atoms. The molecule has 1 amide bonds. The number of nitrogens with zero attached hydrogens (tertiary/aromatic N) is 3. The number of rotatable bonds is 2. The second-order valence-electron chi connectivity index (χ2n) is 4.78. The summed E-state index contributed by atoms with van der Waals surface area (Å²) in [6.07, 6.45) is 1.74. The van der Waals surface area contributed by atoms with Crippen LogP contribution in [0.4, 0.5) is 5.69 Å². The van der Waals surface area contributed by atoms with Crippen LogP contribution in [0, 0.1) is 20.8 Å². The van der Waals surface area contributed by atoms with Gasteiger partial charge in [0.15, 0.2) is 0 Å². The predicted octanol–water partition coefficient (Wildman–Crippen LogP) is 2.23. The Morgan fingerprint density at radius 3 is 2.75 bits per heavy atom. The lowest BCUT2D eigenvalue weighted by Crippen LogP contribution is -2.13. The second kappa shape index (κ2) is 4.48. The van der Waals surface area contributed by atoms with E-state index in [1.54, 1.807) is 6.20 Å². The van der Waals surface area contributed by atoms with E-state index in [9.17, 15) is 4.79 Å². The molecule has 102 valence electrons. The summed E-state index contributed by atoms with van der Waals surface area (Å²) in [7, 11) is 0. The molecule has 20 heavy (non-hydrogen) atoms. The van der Waals surface area contributed by atoms with Crippen LogP contribution in [0.3, 0.4) is 0 Å². The van der Waals surface area contributed by atoms with Crippen molar-refractivity contribution in [2.24, 2.45) is 0 Å². The highest BCUT2D eigenvalue weighted by Crippen LogP contribution is 2.17. The van der Waals surface area contributed by atoms with E-state index < -0.39 is 0 Å². The first-order valence-corrected chi connectivity index (χ1v) is 6.34. The minimum Gasteiger partial charge on any atom is -0.317 e. The topological polar surface area (TPSA) is 75.1 Å². The molecule has 3 heterocycles. The highest BCUT2D eigenvalue weighted by molar-refractivity contribution is 6.03. The maximum atomic E-state index is 12.3. The van der Waals surface area contributed by atoms with E-state index in [0.717, 1.165) is 22.7 Å². The Hall–Kier alpha value is -2.63. The Kier molecular flexibility index (Phi) is 2.78. The predicted molar refractivity (Wildman–Crippen MR) is 75.9 cm³/mol. The number of amides is 1. The van der Waals surface area contributed by atoms with Crippen LogP contribution in [0.2, 0.25) is 0 Å². The zero-order valence-corrected chi connectivity index (χ0v) is 11.6. The van der Waals surface area contributed by atoms with Crippen LogP contribution >= 0.6 is 0 Å². The SMILES string of the molecule is Cc1n[nH]c(C)c1NC(=O)c1cn2c(C)cccc2n1. The molecule has 0 saturated carbocycles. The Balaban J connectivity index is 1.95. The van der Waals surface area contributed by atoms with Gasteiger partial charge in [-0.05, 0) is 32.9 Å². The number of fused-ring (bicyclic) bond motifs is 1. The van der Waals surface area contributed by atoms with Crippen molar-refractivity contribution in [1.82, 2.24) is 19.6 Å². The van der Waals surface area contributed by atoms with E-state index in [1.165, 1.54) is 0 Å². The van der Waals surface area contributed by atoms with E-state index in [2.05, 4.69) is 20.5 Å².